The Labute approximate surface area is 159 Å². The third kappa shape index (κ3) is 3.98. The molecule has 1 amide bonds. The van der Waals surface area contributed by atoms with E-state index >= 15 is 0 Å². The molecule has 0 saturated carbocycles. The quantitative estimate of drug-likeness (QED) is 0.761. The van der Waals surface area contributed by atoms with Crippen LogP contribution in [0.4, 0.5) is 5.69 Å². The molecule has 0 spiro atoms. The second kappa shape index (κ2) is 7.69. The molecule has 1 aliphatic rings. The summed E-state index contributed by atoms with van der Waals surface area (Å²) in [5.74, 6) is 0.270. The van der Waals surface area contributed by atoms with Crippen molar-refractivity contribution in [2.24, 2.45) is 0 Å². The molecule has 9 heteroatoms. The zero-order valence-corrected chi connectivity index (χ0v) is 16.6. The van der Waals surface area contributed by atoms with Crippen molar-refractivity contribution in [2.45, 2.75) is 18.7 Å². The third-order valence-electron chi connectivity index (χ3n) is 4.73. The zero-order valence-electron chi connectivity index (χ0n) is 15.8. The van der Waals surface area contributed by atoms with Crippen LogP contribution < -0.4 is 4.90 Å². The highest BCUT2D eigenvalue weighted by atomic mass is 32.2. The van der Waals surface area contributed by atoms with E-state index in [1.54, 1.807) is 18.7 Å². The van der Waals surface area contributed by atoms with Crippen LogP contribution in [0.5, 0.6) is 0 Å². The number of sulfonamides is 1. The summed E-state index contributed by atoms with van der Waals surface area (Å²) in [6, 6.07) is 9.67. The Balaban J connectivity index is 1.61. The Bertz CT molecular complexity index is 883. The topological polar surface area (TPSA) is 87.0 Å². The van der Waals surface area contributed by atoms with Crippen LogP contribution in [-0.4, -0.2) is 68.5 Å². The Morgan fingerprint density at radius 2 is 1.78 bits per heavy atom. The number of amides is 1. The molecule has 0 radical (unpaired) electrons. The Morgan fingerprint density at radius 3 is 2.33 bits per heavy atom. The van der Waals surface area contributed by atoms with Gasteiger partial charge in [-0.05, 0) is 26.0 Å². The number of hydrogen-bond acceptors (Lipinski definition) is 6. The number of benzene rings is 1. The van der Waals surface area contributed by atoms with E-state index in [4.69, 9.17) is 4.52 Å². The highest BCUT2D eigenvalue weighted by Crippen LogP contribution is 2.24. The van der Waals surface area contributed by atoms with Crippen molar-refractivity contribution in [1.82, 2.24) is 14.4 Å². The van der Waals surface area contributed by atoms with E-state index < -0.39 is 10.0 Å². The van der Waals surface area contributed by atoms with Gasteiger partial charge in [-0.25, -0.2) is 8.42 Å². The SMILES string of the molecule is Cc1noc(C)c1S(=O)(=O)N1CCN(C(=O)CN(C)c2ccccc2)CC1. The molecule has 1 aromatic heterocycles. The minimum atomic E-state index is -3.67. The van der Waals surface area contributed by atoms with E-state index in [9.17, 15) is 13.2 Å². The van der Waals surface area contributed by atoms with E-state index in [1.165, 1.54) is 4.31 Å². The maximum Gasteiger partial charge on any atom is 0.248 e. The number of carbonyl (C=O) groups excluding carboxylic acids is 1. The van der Waals surface area contributed by atoms with Crippen LogP contribution in [0.3, 0.4) is 0 Å². The van der Waals surface area contributed by atoms with Crippen LogP contribution in [0.15, 0.2) is 39.8 Å². The van der Waals surface area contributed by atoms with Gasteiger partial charge in [-0.3, -0.25) is 4.79 Å². The molecule has 27 heavy (non-hydrogen) atoms. The number of carbonyl (C=O) groups is 1. The lowest BCUT2D eigenvalue weighted by molar-refractivity contribution is -0.130. The van der Waals surface area contributed by atoms with Crippen molar-refractivity contribution in [1.29, 1.82) is 0 Å². The van der Waals surface area contributed by atoms with Gasteiger partial charge in [0.1, 0.15) is 10.6 Å². The second-order valence-corrected chi connectivity index (χ2v) is 8.50. The molecular weight excluding hydrogens is 368 g/mol. The molecule has 0 bridgehead atoms. The Hall–Kier alpha value is -2.39. The van der Waals surface area contributed by atoms with Crippen LogP contribution in [0.1, 0.15) is 11.5 Å². The average molecular weight is 392 g/mol. The van der Waals surface area contributed by atoms with Crippen molar-refractivity contribution >= 4 is 21.6 Å². The molecule has 0 aliphatic carbocycles. The average Bonchev–Trinajstić information content (AvgIpc) is 3.01. The summed E-state index contributed by atoms with van der Waals surface area (Å²) >= 11 is 0. The Morgan fingerprint density at radius 1 is 1.15 bits per heavy atom. The largest absolute Gasteiger partial charge is 0.365 e. The van der Waals surface area contributed by atoms with Crippen molar-refractivity contribution in [3.8, 4) is 0 Å². The number of para-hydroxylation sites is 1. The lowest BCUT2D eigenvalue weighted by atomic mass is 10.3. The standard InChI is InChI=1S/C18H24N4O4S/c1-14-18(15(2)26-19-14)27(24,25)22-11-9-21(10-12-22)17(23)13-20(3)16-7-5-4-6-8-16/h4-8H,9-13H2,1-3H3. The third-order valence-corrected chi connectivity index (χ3v) is 6.87. The number of piperazine rings is 1. The summed E-state index contributed by atoms with van der Waals surface area (Å²) in [5, 5.41) is 3.73. The van der Waals surface area contributed by atoms with Gasteiger partial charge in [0.05, 0.1) is 6.54 Å². The first-order valence-electron chi connectivity index (χ1n) is 8.77. The summed E-state index contributed by atoms with van der Waals surface area (Å²) in [4.78, 5) is 16.3. The maximum absolute atomic E-state index is 12.8. The molecule has 8 nitrogen and oxygen atoms in total. The molecule has 2 heterocycles. The first-order valence-corrected chi connectivity index (χ1v) is 10.2. The monoisotopic (exact) mass is 392 g/mol. The van der Waals surface area contributed by atoms with Gasteiger partial charge in [0.25, 0.3) is 0 Å². The first-order chi connectivity index (χ1) is 12.8. The lowest BCUT2D eigenvalue weighted by Gasteiger charge is -2.35. The van der Waals surface area contributed by atoms with Crippen LogP contribution >= 0.6 is 0 Å². The summed E-state index contributed by atoms with van der Waals surface area (Å²) in [6.45, 7) is 4.70. The van der Waals surface area contributed by atoms with Gasteiger partial charge < -0.3 is 14.3 Å². The smallest absolute Gasteiger partial charge is 0.248 e. The molecule has 3 rings (SSSR count). The van der Waals surface area contributed by atoms with Crippen molar-refractivity contribution in [3.05, 3.63) is 41.8 Å². The van der Waals surface area contributed by atoms with Gasteiger partial charge >= 0.3 is 0 Å². The highest BCUT2D eigenvalue weighted by molar-refractivity contribution is 7.89. The van der Waals surface area contributed by atoms with Crippen molar-refractivity contribution < 1.29 is 17.7 Å². The van der Waals surface area contributed by atoms with Crippen LogP contribution in [0.25, 0.3) is 0 Å². The summed E-state index contributed by atoms with van der Waals surface area (Å²) in [6.07, 6.45) is 0. The van der Waals surface area contributed by atoms with Gasteiger partial charge in [-0.15, -0.1) is 0 Å². The minimum Gasteiger partial charge on any atom is -0.365 e. The fourth-order valence-corrected chi connectivity index (χ4v) is 4.94. The molecule has 1 fully saturated rings. The van der Waals surface area contributed by atoms with Gasteiger partial charge in [0, 0.05) is 38.9 Å². The fraction of sp³-hybridized carbons (Fsp3) is 0.444. The maximum atomic E-state index is 12.8. The van der Waals surface area contributed by atoms with Crippen molar-refractivity contribution in [2.75, 3.05) is 44.7 Å². The molecule has 0 atom stereocenters. The first kappa shape index (κ1) is 19.4. The van der Waals surface area contributed by atoms with E-state index in [1.807, 2.05) is 42.3 Å². The van der Waals surface area contributed by atoms with Gasteiger partial charge in [0.2, 0.25) is 15.9 Å². The number of anilines is 1. The summed E-state index contributed by atoms with van der Waals surface area (Å²) in [7, 11) is -1.80. The van der Waals surface area contributed by atoms with Crippen molar-refractivity contribution in [3.63, 3.8) is 0 Å². The van der Waals surface area contributed by atoms with Gasteiger partial charge in [-0.1, -0.05) is 23.4 Å². The molecule has 1 saturated heterocycles. The van der Waals surface area contributed by atoms with E-state index in [0.29, 0.717) is 18.8 Å². The number of aryl methyl sites for hydroxylation is 2. The number of nitrogens with zero attached hydrogens (tertiary/aromatic N) is 4. The highest BCUT2D eigenvalue weighted by Gasteiger charge is 2.34. The number of aromatic nitrogens is 1. The molecular formula is C18H24N4O4S. The van der Waals surface area contributed by atoms with Crippen LogP contribution in [-0.2, 0) is 14.8 Å². The van der Waals surface area contributed by atoms with E-state index in [-0.39, 0.29) is 36.2 Å². The molecule has 2 aromatic rings. The molecule has 1 aliphatic heterocycles. The summed E-state index contributed by atoms with van der Waals surface area (Å²) < 4.78 is 32.1. The van der Waals surface area contributed by atoms with E-state index in [2.05, 4.69) is 5.16 Å². The van der Waals surface area contributed by atoms with Gasteiger partial charge in [0.15, 0.2) is 5.76 Å². The van der Waals surface area contributed by atoms with Gasteiger partial charge in [-0.2, -0.15) is 4.31 Å². The number of likely N-dealkylation sites (N-methyl/N-ethyl adjacent to an activating group) is 1. The van der Waals surface area contributed by atoms with E-state index in [0.717, 1.165) is 5.69 Å². The number of rotatable bonds is 5. The number of hydrogen-bond donors (Lipinski definition) is 0. The zero-order chi connectivity index (χ0) is 19.6. The minimum absolute atomic E-state index is 0.0178. The molecule has 0 unspecified atom stereocenters. The Kier molecular flexibility index (Phi) is 5.52. The second-order valence-electron chi connectivity index (χ2n) is 6.63. The van der Waals surface area contributed by atoms with Crippen LogP contribution in [0, 0.1) is 13.8 Å². The fourth-order valence-electron chi connectivity index (χ4n) is 3.23. The summed E-state index contributed by atoms with van der Waals surface area (Å²) in [5.41, 5.74) is 1.32. The molecule has 0 N–H and O–H groups in total. The molecule has 1 aromatic carbocycles. The van der Waals surface area contributed by atoms with Crippen LogP contribution in [0.2, 0.25) is 0 Å². The predicted octanol–water partition coefficient (Wildman–Crippen LogP) is 1.26. The lowest BCUT2D eigenvalue weighted by Crippen LogP contribution is -2.52. The predicted molar refractivity (Wildman–Crippen MR) is 101 cm³/mol. The normalized spacial score (nSPS) is 15.7. The molecule has 146 valence electrons.